The SMILES string of the molecule is CCSc1cc(C(F)(F)F)cnc1-c1nc2ccc(CF)nc2n1CC(F)(F)F. The molecule has 0 saturated carbocycles. The van der Waals surface area contributed by atoms with Crippen LogP contribution in [0, 0.1) is 0 Å². The predicted molar refractivity (Wildman–Crippen MR) is 93.0 cm³/mol. The zero-order chi connectivity index (χ0) is 21.4. The predicted octanol–water partition coefficient (Wildman–Crippen LogP) is 5.66. The number of alkyl halides is 7. The zero-order valence-electron chi connectivity index (χ0n) is 14.8. The summed E-state index contributed by atoms with van der Waals surface area (Å²) in [5.41, 5.74) is -1.41. The van der Waals surface area contributed by atoms with Gasteiger partial charge in [0.05, 0.1) is 11.3 Å². The lowest BCUT2D eigenvalue weighted by Crippen LogP contribution is -2.19. The lowest BCUT2D eigenvalue weighted by molar-refractivity contribution is -0.140. The molecule has 0 radical (unpaired) electrons. The number of thioether (sulfide) groups is 1. The first kappa shape index (κ1) is 21.3. The van der Waals surface area contributed by atoms with Gasteiger partial charge in [0.1, 0.15) is 24.4 Å². The number of aromatic nitrogens is 4. The highest BCUT2D eigenvalue weighted by molar-refractivity contribution is 7.99. The van der Waals surface area contributed by atoms with Gasteiger partial charge in [0.15, 0.2) is 11.5 Å². The Labute approximate surface area is 164 Å². The lowest BCUT2D eigenvalue weighted by atomic mass is 10.2. The van der Waals surface area contributed by atoms with E-state index in [9.17, 15) is 30.7 Å². The highest BCUT2D eigenvalue weighted by Gasteiger charge is 2.34. The van der Waals surface area contributed by atoms with Crippen molar-refractivity contribution in [3.05, 3.63) is 35.7 Å². The molecule has 0 aliphatic rings. The van der Waals surface area contributed by atoms with E-state index in [2.05, 4.69) is 15.0 Å². The summed E-state index contributed by atoms with van der Waals surface area (Å²) in [6, 6.07) is 3.41. The molecule has 3 heterocycles. The van der Waals surface area contributed by atoms with Crippen molar-refractivity contribution in [1.29, 1.82) is 0 Å². The van der Waals surface area contributed by atoms with E-state index in [1.807, 2.05) is 0 Å². The van der Waals surface area contributed by atoms with Gasteiger partial charge >= 0.3 is 12.4 Å². The Hall–Kier alpha value is -2.37. The van der Waals surface area contributed by atoms with Crippen LogP contribution in [0.15, 0.2) is 29.3 Å². The molecule has 0 amide bonds. The van der Waals surface area contributed by atoms with Crippen LogP contribution < -0.4 is 0 Å². The Morgan fingerprint density at radius 3 is 2.38 bits per heavy atom. The van der Waals surface area contributed by atoms with Crippen LogP contribution in [0.5, 0.6) is 0 Å². The second-order valence-electron chi connectivity index (χ2n) is 5.92. The number of fused-ring (bicyclic) bond motifs is 1. The van der Waals surface area contributed by atoms with Gasteiger partial charge in [0.2, 0.25) is 0 Å². The van der Waals surface area contributed by atoms with Crippen LogP contribution in [-0.4, -0.2) is 31.4 Å². The van der Waals surface area contributed by atoms with E-state index < -0.39 is 31.1 Å². The van der Waals surface area contributed by atoms with Crippen molar-refractivity contribution in [1.82, 2.24) is 19.5 Å². The topological polar surface area (TPSA) is 43.6 Å². The maximum atomic E-state index is 13.2. The van der Waals surface area contributed by atoms with Crippen molar-refractivity contribution in [3.63, 3.8) is 0 Å². The molecular formula is C17H13F7N4S. The largest absolute Gasteiger partial charge is 0.417 e. The maximum Gasteiger partial charge on any atom is 0.417 e. The number of rotatable bonds is 5. The highest BCUT2D eigenvalue weighted by atomic mass is 32.2. The van der Waals surface area contributed by atoms with E-state index in [4.69, 9.17) is 0 Å². The molecule has 0 saturated heterocycles. The molecule has 156 valence electrons. The Bertz CT molecular complexity index is 1030. The summed E-state index contributed by atoms with van der Waals surface area (Å²) < 4.78 is 92.2. The van der Waals surface area contributed by atoms with Crippen LogP contribution in [-0.2, 0) is 19.4 Å². The third kappa shape index (κ3) is 4.62. The molecule has 0 N–H and O–H groups in total. The van der Waals surface area contributed by atoms with Crippen molar-refractivity contribution in [3.8, 4) is 11.5 Å². The van der Waals surface area contributed by atoms with Crippen LogP contribution in [0.25, 0.3) is 22.7 Å². The molecule has 0 atom stereocenters. The second-order valence-corrected chi connectivity index (χ2v) is 7.22. The van der Waals surface area contributed by atoms with Gasteiger partial charge in [0, 0.05) is 11.1 Å². The molecule has 29 heavy (non-hydrogen) atoms. The van der Waals surface area contributed by atoms with Gasteiger partial charge in [-0.3, -0.25) is 9.55 Å². The number of pyridine rings is 2. The molecule has 3 aromatic heterocycles. The standard InChI is InChI=1S/C17H13F7N4S/c1-2-29-12-5-9(17(22,23)24)7-25-13(12)15-27-11-4-3-10(6-18)26-14(11)28(15)8-16(19,20)21/h3-5,7H,2,6,8H2,1H3. The van der Waals surface area contributed by atoms with Gasteiger partial charge in [-0.05, 0) is 24.0 Å². The van der Waals surface area contributed by atoms with E-state index in [1.54, 1.807) is 6.92 Å². The van der Waals surface area contributed by atoms with E-state index >= 15 is 0 Å². The summed E-state index contributed by atoms with van der Waals surface area (Å²) in [5.74, 6) is 0.0743. The molecular weight excluding hydrogens is 425 g/mol. The van der Waals surface area contributed by atoms with Gasteiger partial charge < -0.3 is 0 Å². The number of hydrogen-bond acceptors (Lipinski definition) is 4. The van der Waals surface area contributed by atoms with Crippen LogP contribution in [0.1, 0.15) is 18.2 Å². The number of nitrogens with zero attached hydrogens (tertiary/aromatic N) is 4. The Morgan fingerprint density at radius 2 is 1.79 bits per heavy atom. The van der Waals surface area contributed by atoms with Crippen molar-refractivity contribution in [2.45, 2.75) is 37.4 Å². The molecule has 0 aliphatic carbocycles. The molecule has 3 aromatic rings. The number of halogens is 7. The Morgan fingerprint density at radius 1 is 1.07 bits per heavy atom. The average Bonchev–Trinajstić information content (AvgIpc) is 2.97. The van der Waals surface area contributed by atoms with Crippen LogP contribution in [0.2, 0.25) is 0 Å². The van der Waals surface area contributed by atoms with Crippen molar-refractivity contribution >= 4 is 22.9 Å². The van der Waals surface area contributed by atoms with E-state index in [1.165, 1.54) is 12.1 Å². The summed E-state index contributed by atoms with van der Waals surface area (Å²) in [7, 11) is 0. The van der Waals surface area contributed by atoms with E-state index in [-0.39, 0.29) is 33.3 Å². The minimum atomic E-state index is -4.67. The molecule has 0 spiro atoms. The first-order valence-corrected chi connectivity index (χ1v) is 9.21. The van der Waals surface area contributed by atoms with Crippen LogP contribution >= 0.6 is 11.8 Å². The van der Waals surface area contributed by atoms with Crippen molar-refractivity contribution < 1.29 is 30.7 Å². The summed E-state index contributed by atoms with van der Waals surface area (Å²) in [5, 5.41) is 0. The molecule has 0 unspecified atom stereocenters. The van der Waals surface area contributed by atoms with E-state index in [0.717, 1.165) is 17.8 Å². The third-order valence-electron chi connectivity index (χ3n) is 3.82. The molecule has 0 bridgehead atoms. The summed E-state index contributed by atoms with van der Waals surface area (Å²) in [6.45, 7) is -0.805. The minimum absolute atomic E-state index is 0.0340. The van der Waals surface area contributed by atoms with Gasteiger partial charge in [-0.1, -0.05) is 6.92 Å². The summed E-state index contributed by atoms with van der Waals surface area (Å²) in [6.07, 6.45) is -8.77. The van der Waals surface area contributed by atoms with Gasteiger partial charge in [-0.15, -0.1) is 11.8 Å². The molecule has 3 rings (SSSR count). The number of imidazole rings is 1. The summed E-state index contributed by atoms with van der Waals surface area (Å²) in [4.78, 5) is 11.8. The zero-order valence-corrected chi connectivity index (χ0v) is 15.6. The molecule has 4 nitrogen and oxygen atoms in total. The van der Waals surface area contributed by atoms with Gasteiger partial charge in [0.25, 0.3) is 0 Å². The smallest absolute Gasteiger partial charge is 0.298 e. The Balaban J connectivity index is 2.26. The monoisotopic (exact) mass is 438 g/mol. The summed E-state index contributed by atoms with van der Waals surface area (Å²) >= 11 is 0.994. The fourth-order valence-electron chi connectivity index (χ4n) is 2.66. The van der Waals surface area contributed by atoms with Crippen molar-refractivity contribution in [2.24, 2.45) is 0 Å². The quantitative estimate of drug-likeness (QED) is 0.381. The number of hydrogen-bond donors (Lipinski definition) is 0. The van der Waals surface area contributed by atoms with Crippen LogP contribution in [0.4, 0.5) is 30.7 Å². The second kappa shape index (κ2) is 7.81. The Kier molecular flexibility index (Phi) is 5.74. The van der Waals surface area contributed by atoms with E-state index in [0.29, 0.717) is 16.5 Å². The minimum Gasteiger partial charge on any atom is -0.298 e. The first-order valence-electron chi connectivity index (χ1n) is 8.22. The molecule has 0 aromatic carbocycles. The first-order chi connectivity index (χ1) is 13.5. The molecule has 0 fully saturated rings. The van der Waals surface area contributed by atoms with Gasteiger partial charge in [-0.25, -0.2) is 14.4 Å². The highest BCUT2D eigenvalue weighted by Crippen LogP contribution is 2.37. The fourth-order valence-corrected chi connectivity index (χ4v) is 3.46. The average molecular weight is 438 g/mol. The van der Waals surface area contributed by atoms with Gasteiger partial charge in [-0.2, -0.15) is 26.3 Å². The van der Waals surface area contributed by atoms with Crippen LogP contribution in [0.3, 0.4) is 0 Å². The molecule has 0 aliphatic heterocycles. The fraction of sp³-hybridized carbons (Fsp3) is 0.353. The lowest BCUT2D eigenvalue weighted by Gasteiger charge is -2.14. The molecule has 12 heteroatoms. The third-order valence-corrected chi connectivity index (χ3v) is 4.73. The van der Waals surface area contributed by atoms with Crippen molar-refractivity contribution in [2.75, 3.05) is 5.75 Å². The maximum absolute atomic E-state index is 13.2. The normalized spacial score (nSPS) is 12.7.